The number of hydrazone groups is 1. The summed E-state index contributed by atoms with van der Waals surface area (Å²) in [6.07, 6.45) is 3.12. The number of carbonyl (C=O) groups is 3. The van der Waals surface area contributed by atoms with E-state index < -0.39 is 5.41 Å². The smallest absolute Gasteiger partial charge is 0.261 e. The quantitative estimate of drug-likeness (QED) is 0.729. The van der Waals surface area contributed by atoms with Crippen LogP contribution in [-0.4, -0.2) is 34.4 Å². The first-order valence-corrected chi connectivity index (χ1v) is 10.5. The van der Waals surface area contributed by atoms with Gasteiger partial charge in [-0.1, -0.05) is 37.3 Å². The highest BCUT2D eigenvalue weighted by atomic mass is 16.2. The number of benzene rings is 2. The van der Waals surface area contributed by atoms with E-state index in [0.29, 0.717) is 43.2 Å². The van der Waals surface area contributed by atoms with E-state index in [1.165, 1.54) is 9.91 Å². The van der Waals surface area contributed by atoms with Gasteiger partial charge in [-0.3, -0.25) is 19.3 Å². The lowest BCUT2D eigenvalue weighted by molar-refractivity contribution is -0.125. The summed E-state index contributed by atoms with van der Waals surface area (Å²) >= 11 is 0. The molecule has 30 heavy (non-hydrogen) atoms. The van der Waals surface area contributed by atoms with Crippen molar-refractivity contribution in [1.29, 1.82) is 0 Å². The zero-order valence-electron chi connectivity index (χ0n) is 16.9. The summed E-state index contributed by atoms with van der Waals surface area (Å²) in [6, 6.07) is 16.3. The van der Waals surface area contributed by atoms with Gasteiger partial charge in [0, 0.05) is 6.04 Å². The zero-order valence-corrected chi connectivity index (χ0v) is 16.9. The van der Waals surface area contributed by atoms with Crippen LogP contribution in [0.25, 0.3) is 0 Å². The molecule has 1 spiro atoms. The molecule has 0 saturated heterocycles. The van der Waals surface area contributed by atoms with Crippen LogP contribution in [-0.2, 0) is 4.79 Å². The Balaban J connectivity index is 1.38. The minimum Gasteiger partial charge on any atom is -0.271 e. The summed E-state index contributed by atoms with van der Waals surface area (Å²) in [6.45, 7) is 2.03. The Kier molecular flexibility index (Phi) is 4.31. The fourth-order valence-corrected chi connectivity index (χ4v) is 5.14. The van der Waals surface area contributed by atoms with Gasteiger partial charge in [0.2, 0.25) is 0 Å². The van der Waals surface area contributed by atoms with Crippen molar-refractivity contribution in [3.8, 4) is 0 Å². The Morgan fingerprint density at radius 1 is 0.900 bits per heavy atom. The van der Waals surface area contributed by atoms with E-state index in [4.69, 9.17) is 0 Å². The highest BCUT2D eigenvalue weighted by Crippen LogP contribution is 2.46. The minimum atomic E-state index is -0.625. The van der Waals surface area contributed by atoms with Gasteiger partial charge in [-0.2, -0.15) is 10.1 Å². The molecule has 2 heterocycles. The number of imide groups is 1. The van der Waals surface area contributed by atoms with E-state index in [9.17, 15) is 14.4 Å². The fourth-order valence-electron chi connectivity index (χ4n) is 5.14. The average molecular weight is 401 g/mol. The maximum absolute atomic E-state index is 13.5. The van der Waals surface area contributed by atoms with Gasteiger partial charge in [0.1, 0.15) is 0 Å². The number of fused-ring (bicyclic) bond motifs is 1. The normalized spacial score (nSPS) is 25.8. The predicted molar refractivity (Wildman–Crippen MR) is 113 cm³/mol. The number of nitrogens with zero attached hydrogens (tertiary/aromatic N) is 3. The predicted octanol–water partition coefficient (Wildman–Crippen LogP) is 4.02. The summed E-state index contributed by atoms with van der Waals surface area (Å²) in [5.41, 5.74) is 2.00. The lowest BCUT2D eigenvalue weighted by Crippen LogP contribution is -2.48. The lowest BCUT2D eigenvalue weighted by Gasteiger charge is -2.39. The molecule has 2 aliphatic heterocycles. The molecule has 3 amide bonds. The first-order chi connectivity index (χ1) is 14.6. The van der Waals surface area contributed by atoms with Crippen molar-refractivity contribution in [2.45, 2.75) is 45.1 Å². The lowest BCUT2D eigenvalue weighted by atomic mass is 9.68. The average Bonchev–Trinajstić information content (AvgIpc) is 3.21. The zero-order chi connectivity index (χ0) is 20.9. The molecule has 3 aliphatic rings. The third-order valence-corrected chi connectivity index (χ3v) is 6.71. The van der Waals surface area contributed by atoms with Gasteiger partial charge in [-0.25, -0.2) is 0 Å². The number of hydrogen-bond acceptors (Lipinski definition) is 4. The second-order valence-electron chi connectivity index (χ2n) is 8.19. The molecule has 0 radical (unpaired) electrons. The summed E-state index contributed by atoms with van der Waals surface area (Å²) in [7, 11) is 0. The van der Waals surface area contributed by atoms with Crippen molar-refractivity contribution in [3.63, 3.8) is 0 Å². The molecule has 152 valence electrons. The molecule has 2 aromatic carbocycles. The number of amides is 3. The Labute approximate surface area is 175 Å². The number of anilines is 1. The highest BCUT2D eigenvalue weighted by Gasteiger charge is 2.53. The Morgan fingerprint density at radius 2 is 1.47 bits per heavy atom. The van der Waals surface area contributed by atoms with Gasteiger partial charge >= 0.3 is 0 Å². The largest absolute Gasteiger partial charge is 0.271 e. The van der Waals surface area contributed by atoms with Gasteiger partial charge in [0.05, 0.1) is 27.9 Å². The molecule has 0 N–H and O–H groups in total. The number of hydrogen-bond donors (Lipinski definition) is 0. The third kappa shape index (κ3) is 2.56. The minimum absolute atomic E-state index is 0.00589. The van der Waals surface area contributed by atoms with Gasteiger partial charge in [0.25, 0.3) is 17.7 Å². The van der Waals surface area contributed by atoms with Gasteiger partial charge < -0.3 is 0 Å². The molecular weight excluding hydrogens is 378 g/mol. The molecule has 6 heteroatoms. The van der Waals surface area contributed by atoms with Crippen molar-refractivity contribution < 1.29 is 14.4 Å². The van der Waals surface area contributed by atoms with Crippen LogP contribution >= 0.6 is 0 Å². The number of para-hydroxylation sites is 1. The molecule has 1 fully saturated rings. The highest BCUT2D eigenvalue weighted by molar-refractivity contribution is 6.22. The topological polar surface area (TPSA) is 70.1 Å². The van der Waals surface area contributed by atoms with Gasteiger partial charge in [-0.15, -0.1) is 0 Å². The van der Waals surface area contributed by atoms with Crippen LogP contribution in [0.1, 0.15) is 59.7 Å². The number of carbonyl (C=O) groups excluding carboxylic acids is 3. The van der Waals surface area contributed by atoms with E-state index in [2.05, 4.69) is 5.10 Å². The van der Waals surface area contributed by atoms with Crippen LogP contribution in [0, 0.1) is 5.41 Å². The molecule has 6 nitrogen and oxygen atoms in total. The van der Waals surface area contributed by atoms with E-state index in [-0.39, 0.29) is 23.8 Å². The summed E-state index contributed by atoms with van der Waals surface area (Å²) in [5.74, 6) is -0.430. The summed E-state index contributed by atoms with van der Waals surface area (Å²) < 4.78 is 0. The van der Waals surface area contributed by atoms with Gasteiger partial charge in [0.15, 0.2) is 0 Å². The van der Waals surface area contributed by atoms with Crippen molar-refractivity contribution >= 4 is 29.1 Å². The monoisotopic (exact) mass is 401 g/mol. The van der Waals surface area contributed by atoms with Crippen molar-refractivity contribution in [2.75, 3.05) is 5.01 Å². The molecule has 0 atom stereocenters. The van der Waals surface area contributed by atoms with Crippen LogP contribution in [0.15, 0.2) is 59.7 Å². The molecule has 5 rings (SSSR count). The van der Waals surface area contributed by atoms with E-state index in [1.54, 1.807) is 24.3 Å². The molecule has 1 aliphatic carbocycles. The van der Waals surface area contributed by atoms with Crippen molar-refractivity contribution in [3.05, 3.63) is 65.7 Å². The first-order valence-electron chi connectivity index (χ1n) is 10.5. The molecule has 1 saturated carbocycles. The molecular formula is C24H23N3O3. The van der Waals surface area contributed by atoms with E-state index in [1.807, 2.05) is 37.3 Å². The van der Waals surface area contributed by atoms with Crippen molar-refractivity contribution in [1.82, 2.24) is 4.90 Å². The van der Waals surface area contributed by atoms with Crippen LogP contribution in [0.2, 0.25) is 0 Å². The van der Waals surface area contributed by atoms with Gasteiger partial charge in [-0.05, 0) is 56.4 Å². The first kappa shape index (κ1) is 18.7. The van der Waals surface area contributed by atoms with Crippen LogP contribution in [0.3, 0.4) is 0 Å². The molecule has 0 bridgehead atoms. The summed E-state index contributed by atoms with van der Waals surface area (Å²) in [5, 5.41) is 6.20. The summed E-state index contributed by atoms with van der Waals surface area (Å²) in [4.78, 5) is 40.6. The Morgan fingerprint density at radius 3 is 2.03 bits per heavy atom. The molecule has 2 aromatic rings. The van der Waals surface area contributed by atoms with Crippen molar-refractivity contribution in [2.24, 2.45) is 10.5 Å². The van der Waals surface area contributed by atoms with E-state index >= 15 is 0 Å². The number of rotatable bonds is 3. The maximum atomic E-state index is 13.5. The second-order valence-corrected chi connectivity index (χ2v) is 8.19. The Hall–Kier alpha value is -3.28. The standard InChI is InChI=1S/C24H23N3O3/c1-2-20-24(23(30)27(25-20)17-8-4-3-5-9-17)14-12-16(13-15-24)26-21(28)18-10-6-7-11-19(18)22(26)29/h3-11,16H,2,12-15H2,1H3/t16-,24-. The fraction of sp³-hybridized carbons (Fsp3) is 0.333. The molecule has 0 aromatic heterocycles. The van der Waals surface area contributed by atoms with Crippen LogP contribution in [0.4, 0.5) is 5.69 Å². The maximum Gasteiger partial charge on any atom is 0.261 e. The third-order valence-electron chi connectivity index (χ3n) is 6.71. The molecule has 0 unspecified atom stereocenters. The van der Waals surface area contributed by atoms with Crippen LogP contribution < -0.4 is 5.01 Å². The second kappa shape index (κ2) is 6.90. The Bertz CT molecular complexity index is 1030. The van der Waals surface area contributed by atoms with E-state index in [0.717, 1.165) is 11.4 Å². The van der Waals surface area contributed by atoms with Crippen LogP contribution in [0.5, 0.6) is 0 Å². The SMILES string of the molecule is CCC1=NN(c2ccccc2)C(=O)[C@]12CC[C@H](N1C(=O)c3ccccc3C1=O)CC2.